The average molecular weight is 305 g/mol. The third kappa shape index (κ3) is 3.17. The maximum atomic E-state index is 5.24. The molecule has 0 spiro atoms. The SMILES string of the molecule is CC[C@@H](NCc1nc(-c2cccs2)no1)c1noc(C)n1. The first kappa shape index (κ1) is 13.9. The molecule has 3 aromatic rings. The van der Waals surface area contributed by atoms with Crippen LogP contribution in [0.25, 0.3) is 10.7 Å². The van der Waals surface area contributed by atoms with Gasteiger partial charge in [-0.2, -0.15) is 9.97 Å². The van der Waals surface area contributed by atoms with Crippen LogP contribution in [0.2, 0.25) is 0 Å². The van der Waals surface area contributed by atoms with Crippen LogP contribution in [-0.4, -0.2) is 20.3 Å². The van der Waals surface area contributed by atoms with Crippen molar-refractivity contribution in [1.82, 2.24) is 25.6 Å². The quantitative estimate of drug-likeness (QED) is 0.748. The Morgan fingerprint density at radius 2 is 2.19 bits per heavy atom. The summed E-state index contributed by atoms with van der Waals surface area (Å²) in [5.74, 6) is 2.36. The monoisotopic (exact) mass is 305 g/mol. The maximum absolute atomic E-state index is 5.24. The summed E-state index contributed by atoms with van der Waals surface area (Å²) in [6.45, 7) is 4.28. The summed E-state index contributed by atoms with van der Waals surface area (Å²) in [7, 11) is 0. The molecule has 0 aliphatic carbocycles. The Morgan fingerprint density at radius 1 is 1.29 bits per heavy atom. The lowest BCUT2D eigenvalue weighted by Crippen LogP contribution is -2.21. The molecule has 110 valence electrons. The van der Waals surface area contributed by atoms with Crippen LogP contribution in [0.15, 0.2) is 26.6 Å². The number of aromatic nitrogens is 4. The standard InChI is InChI=1S/C13H15N5O2S/c1-3-9(12-15-8(2)19-17-12)14-7-11-16-13(18-20-11)10-5-4-6-21-10/h4-6,9,14H,3,7H2,1-2H3/t9-/m1/s1. The first-order chi connectivity index (χ1) is 10.3. The highest BCUT2D eigenvalue weighted by atomic mass is 32.1. The fraction of sp³-hybridized carbons (Fsp3) is 0.385. The van der Waals surface area contributed by atoms with Gasteiger partial charge in [0.15, 0.2) is 5.82 Å². The van der Waals surface area contributed by atoms with E-state index in [1.165, 1.54) is 0 Å². The van der Waals surface area contributed by atoms with Crippen molar-refractivity contribution in [3.63, 3.8) is 0 Å². The van der Waals surface area contributed by atoms with Crippen LogP contribution in [0, 0.1) is 6.92 Å². The molecular weight excluding hydrogens is 290 g/mol. The van der Waals surface area contributed by atoms with Gasteiger partial charge in [0.05, 0.1) is 17.5 Å². The normalized spacial score (nSPS) is 12.7. The Kier molecular flexibility index (Phi) is 4.07. The summed E-state index contributed by atoms with van der Waals surface area (Å²) in [5, 5.41) is 13.2. The highest BCUT2D eigenvalue weighted by molar-refractivity contribution is 7.13. The molecule has 0 bridgehead atoms. The Labute approximate surface area is 125 Å². The third-order valence-electron chi connectivity index (χ3n) is 2.97. The van der Waals surface area contributed by atoms with Gasteiger partial charge in [-0.15, -0.1) is 11.3 Å². The van der Waals surface area contributed by atoms with Gasteiger partial charge in [0, 0.05) is 6.92 Å². The number of hydrogen-bond acceptors (Lipinski definition) is 8. The van der Waals surface area contributed by atoms with Crippen LogP contribution >= 0.6 is 11.3 Å². The van der Waals surface area contributed by atoms with E-state index >= 15 is 0 Å². The number of nitrogens with one attached hydrogen (secondary N) is 1. The molecule has 3 heterocycles. The zero-order valence-corrected chi connectivity index (χ0v) is 12.6. The maximum Gasteiger partial charge on any atom is 0.240 e. The summed E-state index contributed by atoms with van der Waals surface area (Å²) in [4.78, 5) is 9.59. The van der Waals surface area contributed by atoms with Crippen LogP contribution < -0.4 is 5.32 Å². The third-order valence-corrected chi connectivity index (χ3v) is 3.84. The van der Waals surface area contributed by atoms with E-state index in [9.17, 15) is 0 Å². The number of thiophene rings is 1. The van der Waals surface area contributed by atoms with Crippen LogP contribution in [0.1, 0.15) is 37.0 Å². The molecule has 3 aromatic heterocycles. The first-order valence-electron chi connectivity index (χ1n) is 6.66. The molecule has 0 saturated carbocycles. The van der Waals surface area contributed by atoms with Crippen LogP contribution in [0.5, 0.6) is 0 Å². The Hall–Kier alpha value is -2.06. The number of rotatable bonds is 6. The fourth-order valence-corrected chi connectivity index (χ4v) is 2.57. The second-order valence-electron chi connectivity index (χ2n) is 4.50. The Morgan fingerprint density at radius 3 is 2.86 bits per heavy atom. The van der Waals surface area contributed by atoms with Gasteiger partial charge in [-0.1, -0.05) is 23.3 Å². The molecule has 0 fully saturated rings. The van der Waals surface area contributed by atoms with Gasteiger partial charge in [0.25, 0.3) is 0 Å². The molecule has 0 radical (unpaired) electrons. The van der Waals surface area contributed by atoms with Gasteiger partial charge in [-0.3, -0.25) is 5.32 Å². The molecule has 8 heteroatoms. The van der Waals surface area contributed by atoms with E-state index in [0.717, 1.165) is 11.3 Å². The molecule has 1 atom stereocenters. The van der Waals surface area contributed by atoms with Crippen LogP contribution in [-0.2, 0) is 6.54 Å². The van der Waals surface area contributed by atoms with E-state index < -0.39 is 0 Å². The average Bonchev–Trinajstić information content (AvgIpc) is 3.19. The predicted molar refractivity (Wildman–Crippen MR) is 76.5 cm³/mol. The fourth-order valence-electron chi connectivity index (χ4n) is 1.92. The largest absolute Gasteiger partial charge is 0.340 e. The zero-order chi connectivity index (χ0) is 14.7. The van der Waals surface area contributed by atoms with Crippen molar-refractivity contribution in [2.75, 3.05) is 0 Å². The van der Waals surface area contributed by atoms with Crippen molar-refractivity contribution < 1.29 is 9.05 Å². The van der Waals surface area contributed by atoms with E-state index in [2.05, 4.69) is 25.6 Å². The molecule has 21 heavy (non-hydrogen) atoms. The number of nitrogens with zero attached hydrogens (tertiary/aromatic N) is 4. The smallest absolute Gasteiger partial charge is 0.240 e. The van der Waals surface area contributed by atoms with Crippen LogP contribution in [0.3, 0.4) is 0 Å². The molecule has 7 nitrogen and oxygen atoms in total. The van der Waals surface area contributed by atoms with E-state index in [0.29, 0.717) is 30.0 Å². The van der Waals surface area contributed by atoms with E-state index in [1.54, 1.807) is 18.3 Å². The van der Waals surface area contributed by atoms with Gasteiger partial charge in [-0.25, -0.2) is 0 Å². The van der Waals surface area contributed by atoms with Gasteiger partial charge in [0.2, 0.25) is 17.6 Å². The van der Waals surface area contributed by atoms with Gasteiger partial charge < -0.3 is 9.05 Å². The topological polar surface area (TPSA) is 89.9 Å². The molecule has 0 unspecified atom stereocenters. The first-order valence-corrected chi connectivity index (χ1v) is 7.54. The Bertz CT molecular complexity index is 691. The zero-order valence-electron chi connectivity index (χ0n) is 11.7. The lowest BCUT2D eigenvalue weighted by atomic mass is 10.2. The summed E-state index contributed by atoms with van der Waals surface area (Å²) in [6.07, 6.45) is 0.838. The van der Waals surface area contributed by atoms with E-state index in [4.69, 9.17) is 9.05 Å². The predicted octanol–water partition coefficient (Wildman–Crippen LogP) is 2.73. The molecule has 0 amide bonds. The van der Waals surface area contributed by atoms with Gasteiger partial charge in [-0.05, 0) is 17.9 Å². The van der Waals surface area contributed by atoms with E-state index in [-0.39, 0.29) is 6.04 Å². The second kappa shape index (κ2) is 6.15. The second-order valence-corrected chi connectivity index (χ2v) is 5.45. The summed E-state index contributed by atoms with van der Waals surface area (Å²) in [6, 6.07) is 3.92. The highest BCUT2D eigenvalue weighted by Crippen LogP contribution is 2.21. The van der Waals surface area contributed by atoms with Crippen molar-refractivity contribution in [3.05, 3.63) is 35.1 Å². The van der Waals surface area contributed by atoms with Crippen molar-refractivity contribution >= 4 is 11.3 Å². The summed E-state index contributed by atoms with van der Waals surface area (Å²) in [5.41, 5.74) is 0. The van der Waals surface area contributed by atoms with Crippen molar-refractivity contribution in [2.45, 2.75) is 32.9 Å². The van der Waals surface area contributed by atoms with Crippen molar-refractivity contribution in [3.8, 4) is 10.7 Å². The molecule has 0 saturated heterocycles. The molecule has 0 aromatic carbocycles. The molecule has 0 aliphatic rings. The number of aryl methyl sites for hydroxylation is 1. The van der Waals surface area contributed by atoms with Crippen molar-refractivity contribution in [2.24, 2.45) is 0 Å². The van der Waals surface area contributed by atoms with Gasteiger partial charge in [0.1, 0.15) is 0 Å². The molecular formula is C13H15N5O2S. The minimum atomic E-state index is -0.000428. The van der Waals surface area contributed by atoms with Crippen molar-refractivity contribution in [1.29, 1.82) is 0 Å². The summed E-state index contributed by atoms with van der Waals surface area (Å²) < 4.78 is 10.2. The van der Waals surface area contributed by atoms with Crippen LogP contribution in [0.4, 0.5) is 0 Å². The molecule has 3 rings (SSSR count). The minimum absolute atomic E-state index is 0.000428. The molecule has 0 aliphatic heterocycles. The van der Waals surface area contributed by atoms with E-state index in [1.807, 2.05) is 24.4 Å². The lowest BCUT2D eigenvalue weighted by molar-refractivity contribution is 0.345. The molecule has 1 N–H and O–H groups in total. The van der Waals surface area contributed by atoms with Gasteiger partial charge >= 0.3 is 0 Å². The summed E-state index contributed by atoms with van der Waals surface area (Å²) >= 11 is 1.58. The Balaban J connectivity index is 1.64. The lowest BCUT2D eigenvalue weighted by Gasteiger charge is -2.10. The number of hydrogen-bond donors (Lipinski definition) is 1. The minimum Gasteiger partial charge on any atom is -0.340 e. The highest BCUT2D eigenvalue weighted by Gasteiger charge is 2.17.